The molecule has 0 radical (unpaired) electrons. The Balaban J connectivity index is 1.81. The third kappa shape index (κ3) is 3.02. The molecule has 1 saturated carbocycles. The van der Waals surface area contributed by atoms with E-state index in [0.717, 1.165) is 46.4 Å². The molecular weight excluding hydrogens is 289 g/mol. The quantitative estimate of drug-likeness (QED) is 0.769. The molecule has 0 atom stereocenters. The van der Waals surface area contributed by atoms with Crippen LogP contribution in [0.2, 0.25) is 0 Å². The number of aryl methyl sites for hydroxylation is 1. The highest BCUT2D eigenvalue weighted by Crippen LogP contribution is 2.35. The van der Waals surface area contributed by atoms with Crippen LogP contribution in [0.25, 0.3) is 22.5 Å². The van der Waals surface area contributed by atoms with Crippen molar-refractivity contribution in [3.8, 4) is 22.5 Å². The number of hydrogen-bond acceptors (Lipinski definition) is 2. The molecular formula is C19H18FN3. The highest BCUT2D eigenvalue weighted by Gasteiger charge is 2.24. The van der Waals surface area contributed by atoms with Gasteiger partial charge in [-0.2, -0.15) is 0 Å². The number of rotatable bonds is 4. The minimum Gasteiger partial charge on any atom is -0.341 e. The third-order valence-corrected chi connectivity index (χ3v) is 4.23. The van der Waals surface area contributed by atoms with E-state index in [1.807, 2.05) is 19.1 Å². The van der Waals surface area contributed by atoms with Gasteiger partial charge in [-0.05, 0) is 62.1 Å². The molecule has 3 aromatic rings. The minimum atomic E-state index is -0.229. The average molecular weight is 307 g/mol. The summed E-state index contributed by atoms with van der Waals surface area (Å²) in [6.07, 6.45) is 5.36. The molecule has 1 fully saturated rings. The molecule has 4 heteroatoms. The van der Waals surface area contributed by atoms with Gasteiger partial charge in [-0.3, -0.25) is 4.98 Å². The highest BCUT2D eigenvalue weighted by atomic mass is 19.1. The molecule has 0 saturated heterocycles. The number of aromatic nitrogens is 3. The maximum Gasteiger partial charge on any atom is 0.123 e. The molecule has 4 rings (SSSR count). The second-order valence-corrected chi connectivity index (χ2v) is 6.25. The van der Waals surface area contributed by atoms with Gasteiger partial charge < -0.3 is 4.98 Å². The van der Waals surface area contributed by atoms with Crippen molar-refractivity contribution >= 4 is 0 Å². The van der Waals surface area contributed by atoms with Gasteiger partial charge >= 0.3 is 0 Å². The van der Waals surface area contributed by atoms with Gasteiger partial charge in [0.2, 0.25) is 0 Å². The Morgan fingerprint density at radius 1 is 1.13 bits per heavy atom. The first-order chi connectivity index (χ1) is 11.2. The van der Waals surface area contributed by atoms with E-state index in [2.05, 4.69) is 9.97 Å². The number of nitrogens with one attached hydrogen (secondary N) is 1. The summed E-state index contributed by atoms with van der Waals surface area (Å²) < 4.78 is 13.2. The predicted molar refractivity (Wildman–Crippen MR) is 88.4 cm³/mol. The number of H-pyrrole nitrogens is 1. The van der Waals surface area contributed by atoms with Crippen molar-refractivity contribution in [1.29, 1.82) is 0 Å². The topological polar surface area (TPSA) is 41.6 Å². The number of benzene rings is 1. The van der Waals surface area contributed by atoms with Crippen LogP contribution in [0.1, 0.15) is 24.4 Å². The zero-order valence-corrected chi connectivity index (χ0v) is 13.0. The molecule has 0 amide bonds. The first-order valence-corrected chi connectivity index (χ1v) is 7.97. The lowest BCUT2D eigenvalue weighted by molar-refractivity contribution is 0.628. The van der Waals surface area contributed by atoms with Crippen molar-refractivity contribution in [3.63, 3.8) is 0 Å². The van der Waals surface area contributed by atoms with Crippen molar-refractivity contribution in [2.45, 2.75) is 26.2 Å². The zero-order chi connectivity index (χ0) is 15.8. The summed E-state index contributed by atoms with van der Waals surface area (Å²) in [6, 6.07) is 10.6. The van der Waals surface area contributed by atoms with Crippen LogP contribution in [0, 0.1) is 18.7 Å². The summed E-state index contributed by atoms with van der Waals surface area (Å²) in [6.45, 7) is 1.97. The lowest BCUT2D eigenvalue weighted by Gasteiger charge is -2.04. The summed E-state index contributed by atoms with van der Waals surface area (Å²) >= 11 is 0. The van der Waals surface area contributed by atoms with Gasteiger partial charge in [0.25, 0.3) is 0 Å². The summed E-state index contributed by atoms with van der Waals surface area (Å²) in [5, 5.41) is 0. The first kappa shape index (κ1) is 14.1. The van der Waals surface area contributed by atoms with Crippen LogP contribution in [-0.4, -0.2) is 15.0 Å². The van der Waals surface area contributed by atoms with Crippen molar-refractivity contribution in [3.05, 3.63) is 59.9 Å². The lowest BCUT2D eigenvalue weighted by atomic mass is 10.1. The monoisotopic (exact) mass is 307 g/mol. The molecule has 3 nitrogen and oxygen atoms in total. The van der Waals surface area contributed by atoms with Crippen LogP contribution >= 0.6 is 0 Å². The molecule has 1 aliphatic rings. The van der Waals surface area contributed by atoms with Gasteiger partial charge in [-0.25, -0.2) is 9.37 Å². The van der Waals surface area contributed by atoms with E-state index in [-0.39, 0.29) is 5.82 Å². The van der Waals surface area contributed by atoms with Gasteiger partial charge in [-0.1, -0.05) is 0 Å². The molecule has 1 N–H and O–H groups in total. The third-order valence-electron chi connectivity index (χ3n) is 4.23. The smallest absolute Gasteiger partial charge is 0.123 e. The molecule has 2 aromatic heterocycles. The Kier molecular flexibility index (Phi) is 3.45. The fourth-order valence-corrected chi connectivity index (χ4v) is 2.84. The maximum atomic E-state index is 13.2. The highest BCUT2D eigenvalue weighted by molar-refractivity contribution is 5.78. The fourth-order valence-electron chi connectivity index (χ4n) is 2.84. The molecule has 2 heterocycles. The van der Waals surface area contributed by atoms with E-state index >= 15 is 0 Å². The zero-order valence-electron chi connectivity index (χ0n) is 13.0. The molecule has 23 heavy (non-hydrogen) atoms. The van der Waals surface area contributed by atoms with Crippen molar-refractivity contribution in [1.82, 2.24) is 15.0 Å². The molecule has 116 valence electrons. The maximum absolute atomic E-state index is 13.2. The molecule has 1 aromatic carbocycles. The van der Waals surface area contributed by atoms with E-state index in [1.54, 1.807) is 18.3 Å². The number of halogens is 1. The number of imidazole rings is 1. The van der Waals surface area contributed by atoms with Crippen molar-refractivity contribution in [2.75, 3.05) is 0 Å². The average Bonchev–Trinajstić information content (AvgIpc) is 3.25. The van der Waals surface area contributed by atoms with E-state index in [9.17, 15) is 4.39 Å². The van der Waals surface area contributed by atoms with Crippen molar-refractivity contribution in [2.24, 2.45) is 5.92 Å². The summed E-state index contributed by atoms with van der Waals surface area (Å²) in [5.41, 5.74) is 4.81. The SMILES string of the molecule is Cc1cc(-c2nc(CC3CC3)[nH]c2-c2ccc(F)cc2)ccn1. The van der Waals surface area contributed by atoms with Gasteiger partial charge in [-0.15, -0.1) is 0 Å². The second-order valence-electron chi connectivity index (χ2n) is 6.25. The van der Waals surface area contributed by atoms with Crippen LogP contribution in [0.5, 0.6) is 0 Å². The lowest BCUT2D eigenvalue weighted by Crippen LogP contribution is -1.89. The summed E-state index contributed by atoms with van der Waals surface area (Å²) in [5.74, 6) is 1.54. The number of aromatic amines is 1. The van der Waals surface area contributed by atoms with Crippen molar-refractivity contribution < 1.29 is 4.39 Å². The Morgan fingerprint density at radius 2 is 1.91 bits per heavy atom. The van der Waals surface area contributed by atoms with E-state index in [1.165, 1.54) is 25.0 Å². The number of nitrogens with zero attached hydrogens (tertiary/aromatic N) is 2. The van der Waals surface area contributed by atoms with E-state index in [4.69, 9.17) is 4.98 Å². The fraction of sp³-hybridized carbons (Fsp3) is 0.263. The molecule has 0 unspecified atom stereocenters. The summed E-state index contributed by atoms with van der Waals surface area (Å²) in [4.78, 5) is 12.5. The van der Waals surface area contributed by atoms with Gasteiger partial charge in [0, 0.05) is 29.4 Å². The van der Waals surface area contributed by atoms with E-state index < -0.39 is 0 Å². The summed E-state index contributed by atoms with van der Waals surface area (Å²) in [7, 11) is 0. The van der Waals surface area contributed by atoms with Crippen LogP contribution in [0.4, 0.5) is 4.39 Å². The first-order valence-electron chi connectivity index (χ1n) is 7.97. The Hall–Kier alpha value is -2.49. The minimum absolute atomic E-state index is 0.229. The molecule has 0 bridgehead atoms. The Labute approximate surface area is 134 Å². The standard InChI is InChI=1S/C19H18FN3/c1-12-10-15(8-9-21-12)19-18(14-4-6-16(20)7-5-14)22-17(23-19)11-13-2-3-13/h4-10,13H,2-3,11H2,1H3,(H,22,23). The number of hydrogen-bond donors (Lipinski definition) is 1. The van der Waals surface area contributed by atoms with Gasteiger partial charge in [0.1, 0.15) is 11.6 Å². The van der Waals surface area contributed by atoms with Crippen LogP contribution in [0.3, 0.4) is 0 Å². The Bertz CT molecular complexity index is 832. The van der Waals surface area contributed by atoms with Gasteiger partial charge in [0.15, 0.2) is 0 Å². The van der Waals surface area contributed by atoms with Crippen LogP contribution in [-0.2, 0) is 6.42 Å². The second kappa shape index (κ2) is 5.61. The largest absolute Gasteiger partial charge is 0.341 e. The van der Waals surface area contributed by atoms with Gasteiger partial charge in [0.05, 0.1) is 11.4 Å². The van der Waals surface area contributed by atoms with Crippen LogP contribution in [0.15, 0.2) is 42.6 Å². The normalized spacial score (nSPS) is 14.2. The predicted octanol–water partition coefficient (Wildman–Crippen LogP) is 4.54. The Morgan fingerprint density at radius 3 is 2.61 bits per heavy atom. The molecule has 0 aliphatic heterocycles. The van der Waals surface area contributed by atoms with Crippen LogP contribution < -0.4 is 0 Å². The molecule has 0 spiro atoms. The molecule has 1 aliphatic carbocycles. The number of pyridine rings is 1. The van der Waals surface area contributed by atoms with E-state index in [0.29, 0.717) is 0 Å².